The van der Waals surface area contributed by atoms with Gasteiger partial charge in [-0.05, 0) is 42.4 Å². The third-order valence-electron chi connectivity index (χ3n) is 3.54. The predicted molar refractivity (Wildman–Crippen MR) is 97.0 cm³/mol. The molecule has 0 aromatic heterocycles. The van der Waals surface area contributed by atoms with Crippen LogP contribution in [0, 0.1) is 0 Å². The van der Waals surface area contributed by atoms with E-state index in [0.717, 1.165) is 16.8 Å². The van der Waals surface area contributed by atoms with Crippen molar-refractivity contribution in [1.29, 1.82) is 0 Å². The number of benzene rings is 2. The molecule has 0 aliphatic heterocycles. The number of carbonyl (C=O) groups is 2. The first-order valence-electron chi connectivity index (χ1n) is 8.02. The van der Waals surface area contributed by atoms with Gasteiger partial charge in [0.1, 0.15) is 5.75 Å². The molecule has 25 heavy (non-hydrogen) atoms. The summed E-state index contributed by atoms with van der Waals surface area (Å²) < 4.78 is 0. The average Bonchev–Trinajstić information content (AvgIpc) is 2.53. The zero-order valence-corrected chi connectivity index (χ0v) is 14.5. The number of anilines is 1. The Labute approximate surface area is 147 Å². The van der Waals surface area contributed by atoms with Crippen LogP contribution in [0.1, 0.15) is 18.1 Å². The molecule has 3 N–H and O–H groups in total. The van der Waals surface area contributed by atoms with Gasteiger partial charge < -0.3 is 15.7 Å². The third kappa shape index (κ3) is 6.64. The van der Waals surface area contributed by atoms with Crippen molar-refractivity contribution < 1.29 is 14.7 Å². The Hall–Kier alpha value is -2.86. The van der Waals surface area contributed by atoms with E-state index in [2.05, 4.69) is 10.6 Å². The summed E-state index contributed by atoms with van der Waals surface area (Å²) in [6.45, 7) is 2.73. The molecule has 0 saturated carbocycles. The summed E-state index contributed by atoms with van der Waals surface area (Å²) in [6, 6.07) is 14.3. The summed E-state index contributed by atoms with van der Waals surface area (Å²) in [7, 11) is 1.85. The summed E-state index contributed by atoms with van der Waals surface area (Å²) in [5.74, 6) is 0.0301. The van der Waals surface area contributed by atoms with E-state index in [9.17, 15) is 14.7 Å². The van der Waals surface area contributed by atoms with Crippen molar-refractivity contribution >= 4 is 17.5 Å². The maximum Gasteiger partial charge on any atom is 0.234 e. The van der Waals surface area contributed by atoms with Gasteiger partial charge in [0.25, 0.3) is 0 Å². The molecule has 0 unspecified atom stereocenters. The zero-order chi connectivity index (χ0) is 18.2. The summed E-state index contributed by atoms with van der Waals surface area (Å²) in [5, 5.41) is 15.0. The number of likely N-dealkylation sites (N-methyl/N-ethyl adjacent to an activating group) is 1. The highest BCUT2D eigenvalue weighted by molar-refractivity contribution is 5.88. The molecule has 2 aromatic carbocycles. The van der Waals surface area contributed by atoms with Crippen LogP contribution in [0.2, 0.25) is 0 Å². The molecule has 132 valence electrons. The lowest BCUT2D eigenvalue weighted by Gasteiger charge is -2.16. The number of hydrogen-bond acceptors (Lipinski definition) is 4. The molecule has 2 rings (SSSR count). The first-order valence-corrected chi connectivity index (χ1v) is 8.02. The van der Waals surface area contributed by atoms with Crippen LogP contribution in [0.5, 0.6) is 5.75 Å². The Morgan fingerprint density at radius 3 is 2.44 bits per heavy atom. The van der Waals surface area contributed by atoms with Crippen LogP contribution in [-0.2, 0) is 22.7 Å². The van der Waals surface area contributed by atoms with Crippen LogP contribution in [0.4, 0.5) is 5.69 Å². The molecule has 0 spiro atoms. The van der Waals surface area contributed by atoms with Gasteiger partial charge in [0.05, 0.1) is 6.54 Å². The number of nitrogens with zero attached hydrogens (tertiary/aromatic N) is 1. The van der Waals surface area contributed by atoms with Crippen molar-refractivity contribution in [2.75, 3.05) is 18.9 Å². The first-order chi connectivity index (χ1) is 11.9. The molecule has 0 heterocycles. The standard InChI is InChI=1S/C19H23N3O3/c1-14(23)21-17-8-6-15(7-9-17)11-20-19(25)13-22(2)12-16-4-3-5-18(24)10-16/h3-10,24H,11-13H2,1-2H3,(H,20,25)(H,21,23). The molecule has 0 radical (unpaired) electrons. The highest BCUT2D eigenvalue weighted by Crippen LogP contribution is 2.12. The van der Waals surface area contributed by atoms with Crippen LogP contribution in [-0.4, -0.2) is 35.4 Å². The van der Waals surface area contributed by atoms with Crippen LogP contribution in [0.25, 0.3) is 0 Å². The molecule has 0 bridgehead atoms. The van der Waals surface area contributed by atoms with Crippen molar-refractivity contribution in [3.05, 3.63) is 59.7 Å². The van der Waals surface area contributed by atoms with E-state index < -0.39 is 0 Å². The van der Waals surface area contributed by atoms with Gasteiger partial charge in [0.2, 0.25) is 11.8 Å². The number of amides is 2. The summed E-state index contributed by atoms with van der Waals surface area (Å²) in [4.78, 5) is 24.9. The summed E-state index contributed by atoms with van der Waals surface area (Å²) in [6.07, 6.45) is 0. The average molecular weight is 341 g/mol. The second-order valence-electron chi connectivity index (χ2n) is 6.00. The van der Waals surface area contributed by atoms with Gasteiger partial charge in [-0.3, -0.25) is 14.5 Å². The number of carbonyl (C=O) groups excluding carboxylic acids is 2. The molecular formula is C19H23N3O3. The number of phenolic OH excluding ortho intramolecular Hbond substituents is 1. The second kappa shape index (κ2) is 8.84. The SMILES string of the molecule is CC(=O)Nc1ccc(CNC(=O)CN(C)Cc2cccc(O)c2)cc1. The lowest BCUT2D eigenvalue weighted by Crippen LogP contribution is -2.34. The largest absolute Gasteiger partial charge is 0.508 e. The van der Waals surface area contributed by atoms with Crippen molar-refractivity contribution in [3.63, 3.8) is 0 Å². The van der Waals surface area contributed by atoms with E-state index in [-0.39, 0.29) is 24.1 Å². The molecule has 0 fully saturated rings. The van der Waals surface area contributed by atoms with E-state index in [1.54, 1.807) is 30.3 Å². The molecule has 2 aromatic rings. The molecule has 2 amide bonds. The lowest BCUT2D eigenvalue weighted by atomic mass is 10.2. The van der Waals surface area contributed by atoms with Crippen LogP contribution >= 0.6 is 0 Å². The fourth-order valence-electron chi connectivity index (χ4n) is 2.43. The first kappa shape index (κ1) is 18.5. The smallest absolute Gasteiger partial charge is 0.234 e. The zero-order valence-electron chi connectivity index (χ0n) is 14.5. The monoisotopic (exact) mass is 341 g/mol. The van der Waals surface area contributed by atoms with Crippen molar-refractivity contribution in [3.8, 4) is 5.75 Å². The minimum Gasteiger partial charge on any atom is -0.508 e. The Kier molecular flexibility index (Phi) is 6.54. The molecule has 6 nitrogen and oxygen atoms in total. The summed E-state index contributed by atoms with van der Waals surface area (Å²) in [5.41, 5.74) is 2.63. The molecule has 6 heteroatoms. The van der Waals surface area contributed by atoms with Gasteiger partial charge in [0, 0.05) is 25.7 Å². The van der Waals surface area contributed by atoms with Gasteiger partial charge in [-0.15, -0.1) is 0 Å². The fraction of sp³-hybridized carbons (Fsp3) is 0.263. The summed E-state index contributed by atoms with van der Waals surface area (Å²) >= 11 is 0. The predicted octanol–water partition coefficient (Wildman–Crippen LogP) is 2.10. The third-order valence-corrected chi connectivity index (χ3v) is 3.54. The van der Waals surface area contributed by atoms with E-state index >= 15 is 0 Å². The quantitative estimate of drug-likeness (QED) is 0.720. The number of rotatable bonds is 7. The maximum absolute atomic E-state index is 12.0. The van der Waals surface area contributed by atoms with E-state index in [4.69, 9.17) is 0 Å². The number of aromatic hydroxyl groups is 1. The molecule has 0 saturated heterocycles. The van der Waals surface area contributed by atoms with Crippen molar-refractivity contribution in [2.24, 2.45) is 0 Å². The van der Waals surface area contributed by atoms with Crippen molar-refractivity contribution in [2.45, 2.75) is 20.0 Å². The normalized spacial score (nSPS) is 10.5. The van der Waals surface area contributed by atoms with E-state index in [1.165, 1.54) is 6.92 Å². The van der Waals surface area contributed by atoms with Crippen LogP contribution < -0.4 is 10.6 Å². The maximum atomic E-state index is 12.0. The molecular weight excluding hydrogens is 318 g/mol. The topological polar surface area (TPSA) is 81.7 Å². The van der Waals surface area contributed by atoms with Gasteiger partial charge in [-0.25, -0.2) is 0 Å². The molecule has 0 aliphatic rings. The second-order valence-corrected chi connectivity index (χ2v) is 6.00. The van der Waals surface area contributed by atoms with Crippen molar-refractivity contribution in [1.82, 2.24) is 10.2 Å². The van der Waals surface area contributed by atoms with Gasteiger partial charge in [-0.2, -0.15) is 0 Å². The molecule has 0 atom stereocenters. The Morgan fingerprint density at radius 2 is 1.80 bits per heavy atom. The lowest BCUT2D eigenvalue weighted by molar-refractivity contribution is -0.122. The Balaban J connectivity index is 1.77. The number of hydrogen-bond donors (Lipinski definition) is 3. The fourth-order valence-corrected chi connectivity index (χ4v) is 2.43. The highest BCUT2D eigenvalue weighted by Gasteiger charge is 2.07. The number of phenols is 1. The Bertz CT molecular complexity index is 729. The minimum atomic E-state index is -0.115. The van der Waals surface area contributed by atoms with Crippen LogP contribution in [0.15, 0.2) is 48.5 Å². The number of nitrogens with one attached hydrogen (secondary N) is 2. The van der Waals surface area contributed by atoms with E-state index in [1.807, 2.05) is 30.1 Å². The van der Waals surface area contributed by atoms with Gasteiger partial charge >= 0.3 is 0 Å². The minimum absolute atomic E-state index is 0.0754. The highest BCUT2D eigenvalue weighted by atomic mass is 16.3. The van der Waals surface area contributed by atoms with Gasteiger partial charge in [-0.1, -0.05) is 24.3 Å². The molecule has 0 aliphatic carbocycles. The van der Waals surface area contributed by atoms with Gasteiger partial charge in [0.15, 0.2) is 0 Å². The van der Waals surface area contributed by atoms with E-state index in [0.29, 0.717) is 13.1 Å². The van der Waals surface area contributed by atoms with Crippen LogP contribution in [0.3, 0.4) is 0 Å². The Morgan fingerprint density at radius 1 is 1.08 bits per heavy atom.